The van der Waals surface area contributed by atoms with E-state index in [0.29, 0.717) is 0 Å². The average molecular weight is 428 g/mol. The average Bonchev–Trinajstić information content (AvgIpc) is 2.57. The lowest BCUT2D eigenvalue weighted by molar-refractivity contribution is -0.303. The number of benzene rings is 2. The highest BCUT2D eigenvalue weighted by Gasteiger charge is 2.71. The molecule has 2 aromatic carbocycles. The van der Waals surface area contributed by atoms with Crippen LogP contribution in [0.4, 0.5) is 39.5 Å². The Morgan fingerprint density at radius 3 is 1.38 bits per heavy atom. The monoisotopic (exact) mass is 428 g/mol. The van der Waals surface area contributed by atoms with Crippen molar-refractivity contribution >= 4 is 0 Å². The van der Waals surface area contributed by atoms with Crippen molar-refractivity contribution in [2.45, 2.75) is 49.6 Å². The van der Waals surface area contributed by atoms with Crippen molar-refractivity contribution in [2.24, 2.45) is 0 Å². The molecule has 0 unspecified atom stereocenters. The first-order chi connectivity index (χ1) is 13.0. The standard InChI is InChI=1S/C20H17F9/c1-16(2,18(21,22)23)14-10-8-13(9-11-14)12-17(19(24,25)26,20(27,28)29)15-6-4-3-5-7-15/h3-11H,12H2,1-2H3. The maximum Gasteiger partial charge on any atom is 0.407 e. The quantitative estimate of drug-likeness (QED) is 0.455. The van der Waals surface area contributed by atoms with E-state index in [4.69, 9.17) is 0 Å². The lowest BCUT2D eigenvalue weighted by Gasteiger charge is -2.38. The van der Waals surface area contributed by atoms with Crippen LogP contribution in [0.5, 0.6) is 0 Å². The van der Waals surface area contributed by atoms with Crippen molar-refractivity contribution in [3.05, 3.63) is 71.3 Å². The lowest BCUT2D eigenvalue weighted by atomic mass is 9.73. The van der Waals surface area contributed by atoms with Crippen molar-refractivity contribution < 1.29 is 39.5 Å². The molecule has 0 saturated carbocycles. The summed E-state index contributed by atoms with van der Waals surface area (Å²) in [7, 11) is 0. The van der Waals surface area contributed by atoms with Crippen molar-refractivity contribution in [1.29, 1.82) is 0 Å². The van der Waals surface area contributed by atoms with Gasteiger partial charge < -0.3 is 0 Å². The van der Waals surface area contributed by atoms with Gasteiger partial charge in [-0.05, 0) is 37.0 Å². The molecule has 0 bridgehead atoms. The van der Waals surface area contributed by atoms with E-state index in [9.17, 15) is 39.5 Å². The van der Waals surface area contributed by atoms with E-state index in [0.717, 1.165) is 62.4 Å². The summed E-state index contributed by atoms with van der Waals surface area (Å²) in [5.74, 6) is 0. The largest absolute Gasteiger partial charge is 0.407 e. The molecule has 2 aromatic rings. The second-order valence-corrected chi connectivity index (χ2v) is 7.26. The molecule has 0 N–H and O–H groups in total. The van der Waals surface area contributed by atoms with Crippen LogP contribution in [0.15, 0.2) is 54.6 Å². The van der Waals surface area contributed by atoms with E-state index in [1.807, 2.05) is 0 Å². The minimum atomic E-state index is -5.68. The number of hydrogen-bond donors (Lipinski definition) is 0. The highest BCUT2D eigenvalue weighted by Crippen LogP contribution is 2.54. The van der Waals surface area contributed by atoms with Crippen molar-refractivity contribution in [2.75, 3.05) is 0 Å². The van der Waals surface area contributed by atoms with Gasteiger partial charge in [-0.2, -0.15) is 39.5 Å². The maximum absolute atomic E-state index is 13.8. The normalized spacial score (nSPS) is 14.2. The molecule has 0 nitrogen and oxygen atoms in total. The van der Waals surface area contributed by atoms with Crippen LogP contribution in [0.1, 0.15) is 30.5 Å². The van der Waals surface area contributed by atoms with Gasteiger partial charge in [0.15, 0.2) is 5.41 Å². The maximum atomic E-state index is 13.8. The fraction of sp³-hybridized carbons (Fsp3) is 0.400. The van der Waals surface area contributed by atoms with E-state index in [1.165, 1.54) is 6.07 Å². The van der Waals surface area contributed by atoms with E-state index in [1.54, 1.807) is 0 Å². The Morgan fingerprint density at radius 2 is 1.00 bits per heavy atom. The van der Waals surface area contributed by atoms with Gasteiger partial charge in [-0.1, -0.05) is 54.6 Å². The van der Waals surface area contributed by atoms with Crippen LogP contribution in [0.25, 0.3) is 0 Å². The van der Waals surface area contributed by atoms with Crippen molar-refractivity contribution in [3.8, 4) is 0 Å². The molecule has 29 heavy (non-hydrogen) atoms. The van der Waals surface area contributed by atoms with Crippen molar-refractivity contribution in [3.63, 3.8) is 0 Å². The number of alkyl halides is 9. The number of hydrogen-bond acceptors (Lipinski definition) is 0. The highest BCUT2D eigenvalue weighted by atomic mass is 19.4. The summed E-state index contributed by atoms with van der Waals surface area (Å²) < 4.78 is 122. The van der Waals surface area contributed by atoms with Gasteiger partial charge in [-0.15, -0.1) is 0 Å². The Balaban J connectivity index is 2.56. The number of halogens is 9. The molecule has 2 rings (SSSR count). The van der Waals surface area contributed by atoms with Gasteiger partial charge in [-0.25, -0.2) is 0 Å². The van der Waals surface area contributed by atoms with E-state index in [-0.39, 0.29) is 11.1 Å². The van der Waals surface area contributed by atoms with E-state index >= 15 is 0 Å². The molecule has 0 radical (unpaired) electrons. The van der Waals surface area contributed by atoms with Crippen LogP contribution in [0.2, 0.25) is 0 Å². The Kier molecular flexibility index (Phi) is 5.77. The Labute approximate surface area is 161 Å². The van der Waals surface area contributed by atoms with Crippen LogP contribution in [-0.4, -0.2) is 18.5 Å². The molecule has 9 heteroatoms. The molecule has 0 spiro atoms. The van der Waals surface area contributed by atoms with E-state index < -0.39 is 41.3 Å². The molecule has 0 saturated heterocycles. The molecule has 0 aliphatic carbocycles. The van der Waals surface area contributed by atoms with Gasteiger partial charge in [-0.3, -0.25) is 0 Å². The third kappa shape index (κ3) is 4.09. The Bertz CT molecular complexity index is 796. The molecule has 0 amide bonds. The molecule has 0 aliphatic heterocycles. The minimum absolute atomic E-state index is 0.266. The lowest BCUT2D eigenvalue weighted by Crippen LogP contribution is -2.55. The molecule has 0 heterocycles. The zero-order valence-electron chi connectivity index (χ0n) is 15.3. The smallest absolute Gasteiger partial charge is 0.170 e. The highest BCUT2D eigenvalue weighted by molar-refractivity contribution is 5.36. The Hall–Kier alpha value is -2.19. The third-order valence-electron chi connectivity index (χ3n) is 5.09. The fourth-order valence-corrected chi connectivity index (χ4v) is 3.02. The predicted octanol–water partition coefficient (Wildman–Crippen LogP) is 7.13. The number of rotatable bonds is 4. The molecule has 0 fully saturated rings. The first-order valence-corrected chi connectivity index (χ1v) is 8.39. The topological polar surface area (TPSA) is 0 Å². The first kappa shape index (κ1) is 23.1. The van der Waals surface area contributed by atoms with Crippen molar-refractivity contribution in [1.82, 2.24) is 0 Å². The third-order valence-corrected chi connectivity index (χ3v) is 5.09. The zero-order chi connectivity index (χ0) is 22.3. The van der Waals surface area contributed by atoms with E-state index in [2.05, 4.69) is 0 Å². The fourth-order valence-electron chi connectivity index (χ4n) is 3.02. The van der Waals surface area contributed by atoms with Crippen LogP contribution >= 0.6 is 0 Å². The van der Waals surface area contributed by atoms with Crippen LogP contribution in [0.3, 0.4) is 0 Å². The van der Waals surface area contributed by atoms with Crippen LogP contribution in [0, 0.1) is 0 Å². The van der Waals surface area contributed by atoms with Gasteiger partial charge in [0.2, 0.25) is 0 Å². The predicted molar refractivity (Wildman–Crippen MR) is 89.5 cm³/mol. The van der Waals surface area contributed by atoms with Gasteiger partial charge in [0.1, 0.15) is 0 Å². The molecule has 0 aromatic heterocycles. The molecular weight excluding hydrogens is 411 g/mol. The molecule has 0 atom stereocenters. The summed E-state index contributed by atoms with van der Waals surface area (Å²) in [6.45, 7) is 1.75. The summed E-state index contributed by atoms with van der Waals surface area (Å²) in [6, 6.07) is 8.46. The minimum Gasteiger partial charge on any atom is -0.170 e. The zero-order valence-corrected chi connectivity index (χ0v) is 15.3. The SMILES string of the molecule is CC(C)(c1ccc(CC(c2ccccc2)(C(F)(F)F)C(F)(F)F)cc1)C(F)(F)F. The molecule has 160 valence electrons. The summed E-state index contributed by atoms with van der Waals surface area (Å²) in [5.41, 5.74) is -8.14. The van der Waals surface area contributed by atoms with Crippen LogP contribution in [-0.2, 0) is 17.3 Å². The summed E-state index contributed by atoms with van der Waals surface area (Å²) in [5, 5.41) is 0. The summed E-state index contributed by atoms with van der Waals surface area (Å²) >= 11 is 0. The molecule has 0 aliphatic rings. The summed E-state index contributed by atoms with van der Waals surface area (Å²) in [4.78, 5) is 0. The van der Waals surface area contributed by atoms with Gasteiger partial charge in [0.25, 0.3) is 0 Å². The van der Waals surface area contributed by atoms with Gasteiger partial charge >= 0.3 is 18.5 Å². The second kappa shape index (κ2) is 7.25. The molecular formula is C20H17F9. The Morgan fingerprint density at radius 1 is 0.552 bits per heavy atom. The summed E-state index contributed by atoms with van der Waals surface area (Å²) in [6.07, 6.45) is -17.5. The second-order valence-electron chi connectivity index (χ2n) is 7.26. The van der Waals surface area contributed by atoms with Crippen LogP contribution < -0.4 is 0 Å². The van der Waals surface area contributed by atoms with Gasteiger partial charge in [0.05, 0.1) is 5.41 Å². The van der Waals surface area contributed by atoms with Gasteiger partial charge in [0, 0.05) is 0 Å². The first-order valence-electron chi connectivity index (χ1n) is 8.39.